The zero-order valence-corrected chi connectivity index (χ0v) is 17.3. The van der Waals surface area contributed by atoms with Crippen LogP contribution < -0.4 is 15.4 Å². The summed E-state index contributed by atoms with van der Waals surface area (Å²) < 4.78 is 5.28. The minimum atomic E-state index is -0.585. The highest BCUT2D eigenvalue weighted by molar-refractivity contribution is 8.15. The number of carbonyl (C=O) groups excluding carboxylic acids is 2. The number of amidine groups is 1. The van der Waals surface area contributed by atoms with Gasteiger partial charge in [0.2, 0.25) is 11.8 Å². The molecule has 0 aliphatic carbocycles. The van der Waals surface area contributed by atoms with Crippen LogP contribution in [0.25, 0.3) is 0 Å². The van der Waals surface area contributed by atoms with E-state index in [4.69, 9.17) is 16.3 Å². The number of ether oxygens (including phenoxy) is 1. The Bertz CT molecular complexity index is 941. The van der Waals surface area contributed by atoms with Crippen molar-refractivity contribution in [3.63, 3.8) is 0 Å². The molecule has 1 aliphatic rings. The van der Waals surface area contributed by atoms with Crippen LogP contribution in [-0.4, -0.2) is 29.3 Å². The summed E-state index contributed by atoms with van der Waals surface area (Å²) in [5.74, 6) is 0.0169. The number of aliphatic imine (C=N–C) groups is 1. The van der Waals surface area contributed by atoms with Gasteiger partial charge in [-0.05, 0) is 55.3 Å². The van der Waals surface area contributed by atoms with E-state index in [9.17, 15) is 9.59 Å². The van der Waals surface area contributed by atoms with E-state index in [1.807, 2.05) is 32.0 Å². The predicted molar refractivity (Wildman–Crippen MR) is 114 cm³/mol. The molecule has 2 amide bonds. The number of aryl methyl sites for hydroxylation is 2. The van der Waals surface area contributed by atoms with Crippen LogP contribution in [-0.2, 0) is 9.59 Å². The molecule has 8 heteroatoms. The van der Waals surface area contributed by atoms with Crippen LogP contribution in [0.2, 0.25) is 5.02 Å². The first-order valence-electron chi connectivity index (χ1n) is 8.62. The molecule has 2 N–H and O–H groups in total. The van der Waals surface area contributed by atoms with Crippen molar-refractivity contribution in [3.8, 4) is 5.75 Å². The van der Waals surface area contributed by atoms with Gasteiger partial charge in [0.15, 0.2) is 5.17 Å². The van der Waals surface area contributed by atoms with Crippen LogP contribution in [0.1, 0.15) is 17.5 Å². The molecule has 2 aromatic rings. The van der Waals surface area contributed by atoms with Crippen LogP contribution in [0.15, 0.2) is 41.4 Å². The van der Waals surface area contributed by atoms with Crippen molar-refractivity contribution in [1.82, 2.24) is 5.32 Å². The number of rotatable bonds is 4. The summed E-state index contributed by atoms with van der Waals surface area (Å²) in [5, 5.41) is 5.83. The molecule has 0 bridgehead atoms. The predicted octanol–water partition coefficient (Wildman–Crippen LogP) is 4.21. The van der Waals surface area contributed by atoms with Gasteiger partial charge in [0.1, 0.15) is 16.7 Å². The fourth-order valence-electron chi connectivity index (χ4n) is 2.87. The molecule has 1 aliphatic heterocycles. The lowest BCUT2D eigenvalue weighted by Crippen LogP contribution is -2.41. The van der Waals surface area contributed by atoms with Crippen molar-refractivity contribution >= 4 is 51.7 Å². The Morgan fingerprint density at radius 3 is 2.64 bits per heavy atom. The molecule has 146 valence electrons. The van der Waals surface area contributed by atoms with Crippen molar-refractivity contribution in [1.29, 1.82) is 0 Å². The molecule has 1 fully saturated rings. The standard InChI is InChI=1S/C20H20ClN3O3S/c1-11-6-12(2)8-14(7-11)22-19(26)17-10-18(25)24-20(28-17)23-15-9-13(21)4-5-16(15)27-3/h4-9,17H,10H2,1-3H3,(H,22,26)(H,23,24,25). The van der Waals surface area contributed by atoms with Crippen molar-refractivity contribution in [2.75, 3.05) is 12.4 Å². The Kier molecular flexibility index (Phi) is 6.26. The lowest BCUT2D eigenvalue weighted by Gasteiger charge is -2.22. The second kappa shape index (κ2) is 8.67. The van der Waals surface area contributed by atoms with Gasteiger partial charge in [-0.1, -0.05) is 29.4 Å². The SMILES string of the molecule is COc1ccc(Cl)cc1N=C1NC(=O)CC(C(=O)Nc2cc(C)cc(C)c2)S1. The van der Waals surface area contributed by atoms with Gasteiger partial charge in [-0.15, -0.1) is 0 Å². The molecule has 1 atom stereocenters. The minimum absolute atomic E-state index is 0.0764. The van der Waals surface area contributed by atoms with E-state index in [2.05, 4.69) is 15.6 Å². The molecule has 0 aromatic heterocycles. The normalized spacial score (nSPS) is 17.9. The Hall–Kier alpha value is -2.51. The monoisotopic (exact) mass is 417 g/mol. The van der Waals surface area contributed by atoms with E-state index >= 15 is 0 Å². The van der Waals surface area contributed by atoms with Gasteiger partial charge in [-0.2, -0.15) is 0 Å². The quantitative estimate of drug-likeness (QED) is 0.780. The molecule has 1 unspecified atom stereocenters. The van der Waals surface area contributed by atoms with E-state index < -0.39 is 5.25 Å². The highest BCUT2D eigenvalue weighted by atomic mass is 35.5. The van der Waals surface area contributed by atoms with Crippen LogP contribution >= 0.6 is 23.4 Å². The Balaban J connectivity index is 1.79. The third kappa shape index (κ3) is 5.05. The first-order valence-corrected chi connectivity index (χ1v) is 9.87. The zero-order chi connectivity index (χ0) is 20.3. The fraction of sp³-hybridized carbons (Fsp3) is 0.250. The lowest BCUT2D eigenvalue weighted by molar-refractivity contribution is -0.123. The van der Waals surface area contributed by atoms with Gasteiger partial charge in [-0.3, -0.25) is 9.59 Å². The van der Waals surface area contributed by atoms with Gasteiger partial charge < -0.3 is 15.4 Å². The lowest BCUT2D eigenvalue weighted by atomic mass is 10.1. The maximum atomic E-state index is 12.7. The summed E-state index contributed by atoms with van der Waals surface area (Å²) in [7, 11) is 1.53. The summed E-state index contributed by atoms with van der Waals surface area (Å²) in [6.07, 6.45) is 0.0764. The number of carbonyl (C=O) groups is 2. The van der Waals surface area contributed by atoms with Crippen molar-refractivity contribution in [2.24, 2.45) is 4.99 Å². The number of hydrogen-bond acceptors (Lipinski definition) is 5. The van der Waals surface area contributed by atoms with Crippen LogP contribution in [0.5, 0.6) is 5.75 Å². The molecule has 0 radical (unpaired) electrons. The van der Waals surface area contributed by atoms with Gasteiger partial charge in [-0.25, -0.2) is 4.99 Å². The first-order chi connectivity index (χ1) is 13.3. The Morgan fingerprint density at radius 2 is 1.96 bits per heavy atom. The zero-order valence-electron chi connectivity index (χ0n) is 15.7. The van der Waals surface area contributed by atoms with Crippen molar-refractivity contribution in [3.05, 3.63) is 52.5 Å². The molecular weight excluding hydrogens is 398 g/mol. The topological polar surface area (TPSA) is 79.8 Å². The molecule has 0 spiro atoms. The highest BCUT2D eigenvalue weighted by Gasteiger charge is 2.30. The average molecular weight is 418 g/mol. The van der Waals surface area contributed by atoms with E-state index in [1.165, 1.54) is 18.9 Å². The fourth-order valence-corrected chi connectivity index (χ4v) is 4.03. The first kappa shape index (κ1) is 20.2. The maximum Gasteiger partial charge on any atom is 0.238 e. The number of halogens is 1. The van der Waals surface area contributed by atoms with Gasteiger partial charge in [0.25, 0.3) is 0 Å². The summed E-state index contributed by atoms with van der Waals surface area (Å²) >= 11 is 7.23. The molecule has 28 heavy (non-hydrogen) atoms. The van der Waals surface area contributed by atoms with E-state index in [-0.39, 0.29) is 18.2 Å². The van der Waals surface area contributed by atoms with E-state index in [0.29, 0.717) is 27.3 Å². The number of anilines is 1. The highest BCUT2D eigenvalue weighted by Crippen LogP contribution is 2.33. The average Bonchev–Trinajstić information content (AvgIpc) is 2.60. The number of benzene rings is 2. The van der Waals surface area contributed by atoms with Gasteiger partial charge >= 0.3 is 0 Å². The smallest absolute Gasteiger partial charge is 0.238 e. The summed E-state index contributed by atoms with van der Waals surface area (Å²) in [6, 6.07) is 10.8. The molecule has 6 nitrogen and oxygen atoms in total. The van der Waals surface area contributed by atoms with Crippen LogP contribution in [0, 0.1) is 13.8 Å². The summed E-state index contributed by atoms with van der Waals surface area (Å²) in [4.78, 5) is 29.2. The second-order valence-corrected chi connectivity index (χ2v) is 8.09. The number of nitrogens with one attached hydrogen (secondary N) is 2. The molecule has 1 saturated heterocycles. The number of amides is 2. The van der Waals surface area contributed by atoms with Crippen molar-refractivity contribution in [2.45, 2.75) is 25.5 Å². The number of nitrogens with zero attached hydrogens (tertiary/aromatic N) is 1. The van der Waals surface area contributed by atoms with E-state index in [1.54, 1.807) is 18.2 Å². The third-order valence-electron chi connectivity index (χ3n) is 4.02. The van der Waals surface area contributed by atoms with Gasteiger partial charge in [0, 0.05) is 17.1 Å². The second-order valence-electron chi connectivity index (χ2n) is 6.46. The molecule has 2 aromatic carbocycles. The minimum Gasteiger partial charge on any atom is -0.494 e. The number of methoxy groups -OCH3 is 1. The number of thioether (sulfide) groups is 1. The van der Waals surface area contributed by atoms with Crippen LogP contribution in [0.3, 0.4) is 0 Å². The molecule has 0 saturated carbocycles. The van der Waals surface area contributed by atoms with E-state index in [0.717, 1.165) is 11.1 Å². The van der Waals surface area contributed by atoms with Crippen LogP contribution in [0.4, 0.5) is 11.4 Å². The third-order valence-corrected chi connectivity index (χ3v) is 5.33. The maximum absolute atomic E-state index is 12.7. The Morgan fingerprint density at radius 1 is 1.25 bits per heavy atom. The van der Waals surface area contributed by atoms with Crippen molar-refractivity contribution < 1.29 is 14.3 Å². The number of hydrogen-bond donors (Lipinski definition) is 2. The molecular formula is C20H20ClN3O3S. The van der Waals surface area contributed by atoms with Gasteiger partial charge in [0.05, 0.1) is 7.11 Å². The largest absolute Gasteiger partial charge is 0.494 e. The summed E-state index contributed by atoms with van der Waals surface area (Å²) in [5.41, 5.74) is 3.30. The Labute approximate surface area is 172 Å². The molecule has 3 rings (SSSR count). The molecule has 1 heterocycles. The summed E-state index contributed by atoms with van der Waals surface area (Å²) in [6.45, 7) is 3.93.